The summed E-state index contributed by atoms with van der Waals surface area (Å²) in [7, 11) is 1.93. The number of morpholine rings is 1. The van der Waals surface area contributed by atoms with E-state index < -0.39 is 0 Å². The third-order valence-corrected chi connectivity index (χ3v) is 5.29. The number of hydrogen-bond donors (Lipinski definition) is 2. The Hall–Kier alpha value is -3.07. The topological polar surface area (TPSA) is 99.8 Å². The number of anilines is 1. The Bertz CT molecular complexity index is 864. The standard InChI is InChI=1S/C20H25N5O4/c1-24-15(11-19(26)23-12-18-21-4-5-22-18)13-29-17-3-2-14(10-16(17)24)20(27)25-6-8-28-9-7-25/h2-5,10,15H,6-9,11-13H2,1H3,(H,21,22)(H,23,26)/t15-/m1/s1. The van der Waals surface area contributed by atoms with Crippen LogP contribution in [0.2, 0.25) is 0 Å². The molecule has 154 valence electrons. The molecule has 0 aliphatic carbocycles. The maximum absolute atomic E-state index is 12.8. The lowest BCUT2D eigenvalue weighted by Crippen LogP contribution is -2.44. The number of amides is 2. The maximum Gasteiger partial charge on any atom is 0.254 e. The van der Waals surface area contributed by atoms with Crippen molar-refractivity contribution >= 4 is 17.5 Å². The van der Waals surface area contributed by atoms with Gasteiger partial charge in [0.2, 0.25) is 5.91 Å². The Kier molecular flexibility index (Phi) is 5.66. The van der Waals surface area contributed by atoms with Crippen molar-refractivity contribution in [2.45, 2.75) is 19.0 Å². The Balaban J connectivity index is 1.41. The summed E-state index contributed by atoms with van der Waals surface area (Å²) in [4.78, 5) is 36.0. The molecule has 0 radical (unpaired) electrons. The van der Waals surface area contributed by atoms with Gasteiger partial charge in [-0.15, -0.1) is 0 Å². The van der Waals surface area contributed by atoms with Gasteiger partial charge >= 0.3 is 0 Å². The number of nitrogens with one attached hydrogen (secondary N) is 2. The molecule has 1 saturated heterocycles. The summed E-state index contributed by atoms with van der Waals surface area (Å²) in [5.74, 6) is 1.34. The van der Waals surface area contributed by atoms with Crippen LogP contribution in [0.4, 0.5) is 5.69 Å². The Morgan fingerprint density at radius 3 is 2.90 bits per heavy atom. The van der Waals surface area contributed by atoms with Crippen LogP contribution in [0, 0.1) is 0 Å². The number of aromatic amines is 1. The number of benzene rings is 1. The number of rotatable bonds is 5. The number of carbonyl (C=O) groups excluding carboxylic acids is 2. The quantitative estimate of drug-likeness (QED) is 0.771. The molecule has 0 unspecified atom stereocenters. The van der Waals surface area contributed by atoms with Crippen molar-refractivity contribution in [3.63, 3.8) is 0 Å². The van der Waals surface area contributed by atoms with Crippen LogP contribution in [0.25, 0.3) is 0 Å². The lowest BCUT2D eigenvalue weighted by atomic mass is 10.1. The molecular formula is C20H25N5O4. The minimum Gasteiger partial charge on any atom is -0.489 e. The number of nitrogens with zero attached hydrogens (tertiary/aromatic N) is 3. The Labute approximate surface area is 169 Å². The molecule has 2 aromatic rings. The Morgan fingerprint density at radius 1 is 1.31 bits per heavy atom. The molecular weight excluding hydrogens is 374 g/mol. The third-order valence-electron chi connectivity index (χ3n) is 5.29. The zero-order chi connectivity index (χ0) is 20.2. The molecule has 1 aromatic heterocycles. The van der Waals surface area contributed by atoms with Gasteiger partial charge in [-0.25, -0.2) is 4.98 Å². The molecule has 1 atom stereocenters. The highest BCUT2D eigenvalue weighted by Crippen LogP contribution is 2.34. The normalized spacial score (nSPS) is 18.7. The van der Waals surface area contributed by atoms with Gasteiger partial charge in [0.1, 0.15) is 18.2 Å². The fraction of sp³-hybridized carbons (Fsp3) is 0.450. The number of hydrogen-bond acceptors (Lipinski definition) is 6. The smallest absolute Gasteiger partial charge is 0.254 e. The van der Waals surface area contributed by atoms with E-state index in [0.29, 0.717) is 50.8 Å². The third kappa shape index (κ3) is 4.34. The highest BCUT2D eigenvalue weighted by molar-refractivity contribution is 5.96. The van der Waals surface area contributed by atoms with Gasteiger partial charge in [-0.3, -0.25) is 9.59 Å². The maximum atomic E-state index is 12.8. The lowest BCUT2D eigenvalue weighted by Gasteiger charge is -2.36. The molecule has 3 heterocycles. The molecule has 9 heteroatoms. The van der Waals surface area contributed by atoms with Crippen LogP contribution >= 0.6 is 0 Å². The molecule has 2 amide bonds. The molecule has 0 spiro atoms. The summed E-state index contributed by atoms with van der Waals surface area (Å²) in [5.41, 5.74) is 1.43. The fourth-order valence-electron chi connectivity index (χ4n) is 3.55. The fourth-order valence-corrected chi connectivity index (χ4v) is 3.55. The second kappa shape index (κ2) is 8.52. The van der Waals surface area contributed by atoms with Crippen molar-refractivity contribution in [2.24, 2.45) is 0 Å². The van der Waals surface area contributed by atoms with Crippen LogP contribution in [0.1, 0.15) is 22.6 Å². The highest BCUT2D eigenvalue weighted by Gasteiger charge is 2.28. The molecule has 1 fully saturated rings. The molecule has 4 rings (SSSR count). The number of imidazole rings is 1. The molecule has 9 nitrogen and oxygen atoms in total. The van der Waals surface area contributed by atoms with Gasteiger partial charge in [-0.2, -0.15) is 0 Å². The second-order valence-electron chi connectivity index (χ2n) is 7.18. The number of H-pyrrole nitrogens is 1. The van der Waals surface area contributed by atoms with Gasteiger partial charge in [0.15, 0.2) is 0 Å². The van der Waals surface area contributed by atoms with Crippen LogP contribution in [0.3, 0.4) is 0 Å². The van der Waals surface area contributed by atoms with Gasteiger partial charge in [-0.1, -0.05) is 0 Å². The number of fused-ring (bicyclic) bond motifs is 1. The largest absolute Gasteiger partial charge is 0.489 e. The summed E-state index contributed by atoms with van der Waals surface area (Å²) >= 11 is 0. The second-order valence-corrected chi connectivity index (χ2v) is 7.18. The molecule has 2 aliphatic rings. The van der Waals surface area contributed by atoms with Crippen LogP contribution in [0.15, 0.2) is 30.6 Å². The van der Waals surface area contributed by atoms with Crippen molar-refractivity contribution in [1.82, 2.24) is 20.2 Å². The molecule has 2 N–H and O–H groups in total. The van der Waals surface area contributed by atoms with E-state index in [2.05, 4.69) is 15.3 Å². The van der Waals surface area contributed by atoms with Gasteiger partial charge < -0.3 is 29.6 Å². The molecule has 0 bridgehead atoms. The predicted molar refractivity (Wildman–Crippen MR) is 106 cm³/mol. The monoisotopic (exact) mass is 399 g/mol. The van der Waals surface area contributed by atoms with Crippen molar-refractivity contribution in [3.05, 3.63) is 42.0 Å². The summed E-state index contributed by atoms with van der Waals surface area (Å²) < 4.78 is 11.2. The Morgan fingerprint density at radius 2 is 2.14 bits per heavy atom. The van der Waals surface area contributed by atoms with E-state index in [0.717, 1.165) is 11.4 Å². The molecule has 2 aliphatic heterocycles. The average Bonchev–Trinajstić information content (AvgIpc) is 3.28. The van der Waals surface area contributed by atoms with E-state index in [-0.39, 0.29) is 24.3 Å². The van der Waals surface area contributed by atoms with E-state index in [1.54, 1.807) is 23.4 Å². The molecule has 29 heavy (non-hydrogen) atoms. The molecule has 0 saturated carbocycles. The summed E-state index contributed by atoms with van der Waals surface area (Å²) in [6.45, 7) is 3.09. The summed E-state index contributed by atoms with van der Waals surface area (Å²) in [6.07, 6.45) is 3.66. The van der Waals surface area contributed by atoms with E-state index in [4.69, 9.17) is 9.47 Å². The predicted octanol–water partition coefficient (Wildman–Crippen LogP) is 0.786. The zero-order valence-corrected chi connectivity index (χ0v) is 16.4. The van der Waals surface area contributed by atoms with Crippen LogP contribution in [-0.2, 0) is 16.1 Å². The average molecular weight is 399 g/mol. The van der Waals surface area contributed by atoms with Crippen molar-refractivity contribution in [1.29, 1.82) is 0 Å². The van der Waals surface area contributed by atoms with Crippen LogP contribution in [-0.4, -0.2) is 72.7 Å². The van der Waals surface area contributed by atoms with Gasteiger partial charge in [0.05, 0.1) is 37.9 Å². The number of ether oxygens (including phenoxy) is 2. The minimum absolute atomic E-state index is 0.0113. The number of carbonyl (C=O) groups is 2. The first-order valence-corrected chi connectivity index (χ1v) is 9.73. The summed E-state index contributed by atoms with van der Waals surface area (Å²) in [5, 5.41) is 2.86. The zero-order valence-electron chi connectivity index (χ0n) is 16.4. The van der Waals surface area contributed by atoms with E-state index in [1.165, 1.54) is 0 Å². The SMILES string of the molecule is CN1c2cc(C(=O)N3CCOCC3)ccc2OC[C@H]1CC(=O)NCc1ncc[nH]1. The van der Waals surface area contributed by atoms with E-state index in [9.17, 15) is 9.59 Å². The summed E-state index contributed by atoms with van der Waals surface area (Å²) in [6, 6.07) is 5.35. The minimum atomic E-state index is -0.118. The molecule has 1 aromatic carbocycles. The highest BCUT2D eigenvalue weighted by atomic mass is 16.5. The van der Waals surface area contributed by atoms with Crippen LogP contribution in [0.5, 0.6) is 5.75 Å². The number of aromatic nitrogens is 2. The van der Waals surface area contributed by atoms with Gasteiger partial charge in [0, 0.05) is 38.1 Å². The van der Waals surface area contributed by atoms with Crippen LogP contribution < -0.4 is 15.0 Å². The van der Waals surface area contributed by atoms with Crippen molar-refractivity contribution in [2.75, 3.05) is 44.9 Å². The number of likely N-dealkylation sites (N-methyl/N-ethyl adjacent to an activating group) is 1. The first-order valence-electron chi connectivity index (χ1n) is 9.73. The van der Waals surface area contributed by atoms with Crippen molar-refractivity contribution in [3.8, 4) is 5.75 Å². The van der Waals surface area contributed by atoms with E-state index >= 15 is 0 Å². The lowest BCUT2D eigenvalue weighted by molar-refractivity contribution is -0.121. The van der Waals surface area contributed by atoms with Gasteiger partial charge in [0.25, 0.3) is 5.91 Å². The van der Waals surface area contributed by atoms with Crippen molar-refractivity contribution < 1.29 is 19.1 Å². The van der Waals surface area contributed by atoms with E-state index in [1.807, 2.05) is 24.1 Å². The van der Waals surface area contributed by atoms with Gasteiger partial charge in [-0.05, 0) is 18.2 Å². The first kappa shape index (κ1) is 19.3. The first-order chi connectivity index (χ1) is 14.1.